The average molecular weight is 322 g/mol. The van der Waals surface area contributed by atoms with Crippen LogP contribution in [0.5, 0.6) is 0 Å². The Kier molecular flexibility index (Phi) is 7.47. The van der Waals surface area contributed by atoms with Gasteiger partial charge in [-0.2, -0.15) is 0 Å². The summed E-state index contributed by atoms with van der Waals surface area (Å²) < 4.78 is 29.3. The van der Waals surface area contributed by atoms with Gasteiger partial charge in [0.05, 0.1) is 23.9 Å². The first-order chi connectivity index (χ1) is 9.49. The Morgan fingerprint density at radius 2 is 1.85 bits per heavy atom. The number of aliphatic hydroxyl groups excluding tert-OH is 1. The van der Waals surface area contributed by atoms with E-state index in [9.17, 15) is 8.42 Å². The van der Waals surface area contributed by atoms with E-state index in [4.69, 9.17) is 21.4 Å². The van der Waals surface area contributed by atoms with Crippen molar-refractivity contribution in [2.75, 3.05) is 45.7 Å². The van der Waals surface area contributed by atoms with Crippen molar-refractivity contribution in [3.8, 4) is 0 Å². The largest absolute Gasteiger partial charge is 0.395 e. The molecule has 0 saturated carbocycles. The summed E-state index contributed by atoms with van der Waals surface area (Å²) in [5.74, 6) is -0.00164. The summed E-state index contributed by atoms with van der Waals surface area (Å²) >= 11 is 5.74. The van der Waals surface area contributed by atoms with Gasteiger partial charge >= 0.3 is 0 Å². The van der Waals surface area contributed by atoms with Crippen LogP contribution in [0.15, 0.2) is 29.2 Å². The van der Waals surface area contributed by atoms with Crippen molar-refractivity contribution in [2.24, 2.45) is 0 Å². The molecule has 0 spiro atoms. The molecule has 0 fully saturated rings. The summed E-state index contributed by atoms with van der Waals surface area (Å²) in [6, 6.07) is 6.13. The van der Waals surface area contributed by atoms with Crippen molar-refractivity contribution in [2.45, 2.75) is 4.90 Å². The highest BCUT2D eigenvalue weighted by Crippen LogP contribution is 2.15. The molecule has 1 rings (SSSR count). The van der Waals surface area contributed by atoms with Crippen molar-refractivity contribution in [1.29, 1.82) is 0 Å². The first-order valence-electron chi connectivity index (χ1n) is 6.30. The highest BCUT2D eigenvalue weighted by atomic mass is 35.5. The summed E-state index contributed by atoms with van der Waals surface area (Å²) in [4.78, 5) is 2.12. The van der Waals surface area contributed by atoms with Crippen LogP contribution in [-0.2, 0) is 14.6 Å². The normalized spacial score (nSPS) is 12.0. The molecule has 0 heterocycles. The zero-order valence-electron chi connectivity index (χ0n) is 11.5. The van der Waals surface area contributed by atoms with Gasteiger partial charge in [0.2, 0.25) is 0 Å². The summed E-state index contributed by atoms with van der Waals surface area (Å²) in [5, 5.41) is 9.47. The molecule has 5 nitrogen and oxygen atoms in total. The van der Waals surface area contributed by atoms with E-state index in [1.807, 2.05) is 4.90 Å². The molecule has 0 aliphatic carbocycles. The van der Waals surface area contributed by atoms with Crippen molar-refractivity contribution in [1.82, 2.24) is 4.90 Å². The number of rotatable bonds is 9. The van der Waals surface area contributed by atoms with Crippen LogP contribution in [0.4, 0.5) is 0 Å². The van der Waals surface area contributed by atoms with Crippen LogP contribution in [0.2, 0.25) is 5.02 Å². The molecule has 1 aromatic rings. The Bertz CT molecular complexity index is 490. The molecule has 0 aliphatic rings. The lowest BCUT2D eigenvalue weighted by Gasteiger charge is -2.20. The third-order valence-electron chi connectivity index (χ3n) is 2.88. The number of hydrogen-bond donors (Lipinski definition) is 1. The fourth-order valence-corrected chi connectivity index (χ4v) is 3.12. The molecular formula is C13H20ClNO4S. The Morgan fingerprint density at radius 1 is 1.20 bits per heavy atom. The van der Waals surface area contributed by atoms with E-state index in [-0.39, 0.29) is 17.3 Å². The van der Waals surface area contributed by atoms with Crippen molar-refractivity contribution in [3.63, 3.8) is 0 Å². The lowest BCUT2D eigenvalue weighted by Crippen LogP contribution is -2.34. The predicted molar refractivity (Wildman–Crippen MR) is 78.9 cm³/mol. The van der Waals surface area contributed by atoms with Gasteiger partial charge < -0.3 is 9.84 Å². The number of aliphatic hydroxyl groups is 1. The molecule has 114 valence electrons. The molecule has 0 aliphatic heterocycles. The number of sulfone groups is 1. The van der Waals surface area contributed by atoms with Crippen LogP contribution >= 0.6 is 11.6 Å². The van der Waals surface area contributed by atoms with E-state index in [1.54, 1.807) is 19.2 Å². The van der Waals surface area contributed by atoms with Crippen LogP contribution in [0, 0.1) is 0 Å². The molecule has 0 amide bonds. The second kappa shape index (κ2) is 8.59. The number of hydrogen-bond acceptors (Lipinski definition) is 5. The van der Waals surface area contributed by atoms with E-state index in [0.29, 0.717) is 31.3 Å². The highest BCUT2D eigenvalue weighted by molar-refractivity contribution is 7.91. The number of benzene rings is 1. The molecule has 0 unspecified atom stereocenters. The van der Waals surface area contributed by atoms with Crippen molar-refractivity contribution >= 4 is 21.4 Å². The second-order valence-electron chi connectivity index (χ2n) is 4.33. The minimum absolute atomic E-state index is 0.00164. The minimum atomic E-state index is -3.34. The van der Waals surface area contributed by atoms with Gasteiger partial charge in [0.15, 0.2) is 9.84 Å². The van der Waals surface area contributed by atoms with Crippen molar-refractivity contribution in [3.05, 3.63) is 29.3 Å². The second-order valence-corrected chi connectivity index (χ2v) is 6.88. The smallest absolute Gasteiger partial charge is 0.179 e. The predicted octanol–water partition coefficient (Wildman–Crippen LogP) is 1.05. The average Bonchev–Trinajstić information content (AvgIpc) is 2.42. The molecule has 0 bridgehead atoms. The topological polar surface area (TPSA) is 66.8 Å². The molecule has 0 atom stereocenters. The van der Waals surface area contributed by atoms with Gasteiger partial charge in [-0.05, 0) is 24.3 Å². The molecule has 1 aromatic carbocycles. The van der Waals surface area contributed by atoms with Crippen LogP contribution in [0.25, 0.3) is 0 Å². The van der Waals surface area contributed by atoms with Gasteiger partial charge in [0, 0.05) is 31.8 Å². The molecule has 1 N–H and O–H groups in total. The molecule has 20 heavy (non-hydrogen) atoms. The van der Waals surface area contributed by atoms with E-state index in [2.05, 4.69) is 0 Å². The zero-order chi connectivity index (χ0) is 15.0. The van der Waals surface area contributed by atoms with Crippen LogP contribution < -0.4 is 0 Å². The van der Waals surface area contributed by atoms with E-state index < -0.39 is 9.84 Å². The highest BCUT2D eigenvalue weighted by Gasteiger charge is 2.16. The monoisotopic (exact) mass is 321 g/mol. The fraction of sp³-hybridized carbons (Fsp3) is 0.538. The Balaban J connectivity index is 2.62. The standard InChI is InChI=1S/C13H20ClNO4S/c1-19-10-7-15(6-9-16)8-11-20(17,18)13-4-2-12(14)3-5-13/h2-5,16H,6-11H2,1H3. The number of nitrogens with zero attached hydrogens (tertiary/aromatic N) is 1. The Labute approximate surface area is 125 Å². The van der Waals surface area contributed by atoms with E-state index >= 15 is 0 Å². The summed E-state index contributed by atoms with van der Waals surface area (Å²) in [6.45, 7) is 1.87. The van der Waals surface area contributed by atoms with Gasteiger partial charge in [-0.3, -0.25) is 4.90 Å². The maximum absolute atomic E-state index is 12.2. The van der Waals surface area contributed by atoms with Gasteiger partial charge in [-0.15, -0.1) is 0 Å². The molecule has 0 radical (unpaired) electrons. The first kappa shape index (κ1) is 17.4. The summed E-state index contributed by atoms with van der Waals surface area (Å²) in [6.07, 6.45) is 0. The van der Waals surface area contributed by atoms with E-state index in [1.165, 1.54) is 12.1 Å². The molecular weight excluding hydrogens is 302 g/mol. The van der Waals surface area contributed by atoms with Crippen molar-refractivity contribution < 1.29 is 18.3 Å². The first-order valence-corrected chi connectivity index (χ1v) is 8.33. The maximum Gasteiger partial charge on any atom is 0.179 e. The summed E-state index contributed by atoms with van der Waals surface area (Å²) in [5.41, 5.74) is 0. The Morgan fingerprint density at radius 3 is 2.40 bits per heavy atom. The van der Waals surface area contributed by atoms with Crippen LogP contribution in [0.3, 0.4) is 0 Å². The molecule has 0 saturated heterocycles. The van der Waals surface area contributed by atoms with E-state index in [0.717, 1.165) is 0 Å². The van der Waals surface area contributed by atoms with Gasteiger partial charge in [0.1, 0.15) is 0 Å². The number of ether oxygens (including phenoxy) is 1. The van der Waals surface area contributed by atoms with Crippen LogP contribution in [-0.4, -0.2) is 64.1 Å². The lowest BCUT2D eigenvalue weighted by atomic mass is 10.4. The third-order valence-corrected chi connectivity index (χ3v) is 4.84. The zero-order valence-corrected chi connectivity index (χ0v) is 13.0. The molecule has 0 aromatic heterocycles. The van der Waals surface area contributed by atoms with Gasteiger partial charge in [-0.25, -0.2) is 8.42 Å². The maximum atomic E-state index is 12.2. The van der Waals surface area contributed by atoms with Gasteiger partial charge in [0.25, 0.3) is 0 Å². The molecule has 7 heteroatoms. The fourth-order valence-electron chi connectivity index (χ4n) is 1.71. The third kappa shape index (κ3) is 5.76. The summed E-state index contributed by atoms with van der Waals surface area (Å²) in [7, 11) is -1.75. The minimum Gasteiger partial charge on any atom is -0.395 e. The van der Waals surface area contributed by atoms with Crippen LogP contribution in [0.1, 0.15) is 0 Å². The SMILES string of the molecule is COCCN(CCO)CCS(=O)(=O)c1ccc(Cl)cc1. The lowest BCUT2D eigenvalue weighted by molar-refractivity contribution is 0.135. The van der Waals surface area contributed by atoms with Gasteiger partial charge in [-0.1, -0.05) is 11.6 Å². The quantitative estimate of drug-likeness (QED) is 0.736. The number of methoxy groups -OCH3 is 1. The number of halogens is 1. The Hall–Kier alpha value is -0.660.